The average molecular weight is 297 g/mol. The molecule has 0 heterocycles. The van der Waals surface area contributed by atoms with E-state index < -0.39 is 0 Å². The predicted molar refractivity (Wildman–Crippen MR) is 88.3 cm³/mol. The number of aliphatic hydroxyl groups is 1. The van der Waals surface area contributed by atoms with Gasteiger partial charge >= 0.3 is 0 Å². The van der Waals surface area contributed by atoms with Crippen LogP contribution in [0.3, 0.4) is 0 Å². The van der Waals surface area contributed by atoms with Crippen molar-refractivity contribution >= 4 is 11.6 Å². The Balaban J connectivity index is 2.01. The van der Waals surface area contributed by atoms with Gasteiger partial charge in [0.25, 0.3) is 0 Å². The van der Waals surface area contributed by atoms with Crippen LogP contribution in [-0.2, 0) is 0 Å². The molecule has 1 aromatic carbocycles. The molecule has 20 heavy (non-hydrogen) atoms. The third-order valence-electron chi connectivity index (χ3n) is 3.81. The first kappa shape index (κ1) is 17.5. The van der Waals surface area contributed by atoms with E-state index in [2.05, 4.69) is 6.92 Å². The van der Waals surface area contributed by atoms with Crippen molar-refractivity contribution in [1.29, 1.82) is 0 Å². The van der Waals surface area contributed by atoms with Crippen LogP contribution < -0.4 is 0 Å². The summed E-state index contributed by atoms with van der Waals surface area (Å²) < 4.78 is 0. The van der Waals surface area contributed by atoms with E-state index >= 15 is 0 Å². The average Bonchev–Trinajstić information content (AvgIpc) is 2.45. The van der Waals surface area contributed by atoms with Gasteiger partial charge in [-0.25, -0.2) is 0 Å². The van der Waals surface area contributed by atoms with E-state index in [-0.39, 0.29) is 6.10 Å². The van der Waals surface area contributed by atoms with Gasteiger partial charge in [0.05, 0.1) is 6.10 Å². The maximum Gasteiger partial charge on any atom is 0.0790 e. The van der Waals surface area contributed by atoms with Crippen LogP contribution in [0.1, 0.15) is 82.8 Å². The van der Waals surface area contributed by atoms with E-state index in [4.69, 9.17) is 11.6 Å². The molecule has 1 nitrogen and oxygen atoms in total. The van der Waals surface area contributed by atoms with E-state index in [1.54, 1.807) is 0 Å². The fourth-order valence-electron chi connectivity index (χ4n) is 2.53. The molecule has 1 atom stereocenters. The SMILES string of the molecule is CCCCCCCCCCCC(O)c1cccc(Cl)c1. The lowest BCUT2D eigenvalue weighted by atomic mass is 10.0. The zero-order chi connectivity index (χ0) is 14.6. The van der Waals surface area contributed by atoms with Gasteiger partial charge in [0.1, 0.15) is 0 Å². The fourth-order valence-corrected chi connectivity index (χ4v) is 2.73. The van der Waals surface area contributed by atoms with Crippen molar-refractivity contribution in [3.8, 4) is 0 Å². The lowest BCUT2D eigenvalue weighted by Gasteiger charge is -2.11. The van der Waals surface area contributed by atoms with Crippen LogP contribution in [0.5, 0.6) is 0 Å². The Kier molecular flexibility index (Phi) is 9.78. The van der Waals surface area contributed by atoms with E-state index in [0.717, 1.165) is 18.4 Å². The summed E-state index contributed by atoms with van der Waals surface area (Å²) in [7, 11) is 0. The molecule has 2 heteroatoms. The van der Waals surface area contributed by atoms with Crippen molar-refractivity contribution in [3.05, 3.63) is 34.9 Å². The van der Waals surface area contributed by atoms with Gasteiger partial charge in [-0.15, -0.1) is 0 Å². The van der Waals surface area contributed by atoms with Crippen molar-refractivity contribution < 1.29 is 5.11 Å². The maximum atomic E-state index is 10.1. The van der Waals surface area contributed by atoms with Crippen molar-refractivity contribution in [2.75, 3.05) is 0 Å². The second-order valence-corrected chi connectivity index (χ2v) is 6.12. The second kappa shape index (κ2) is 11.2. The molecule has 0 amide bonds. The summed E-state index contributed by atoms with van der Waals surface area (Å²) in [5.74, 6) is 0. The second-order valence-electron chi connectivity index (χ2n) is 5.69. The molecule has 1 N–H and O–H groups in total. The lowest BCUT2D eigenvalue weighted by molar-refractivity contribution is 0.163. The standard InChI is InChI=1S/C18H29ClO/c1-2-3-4-5-6-7-8-9-10-14-18(20)16-12-11-13-17(19)15-16/h11-13,15,18,20H,2-10,14H2,1H3. The van der Waals surface area contributed by atoms with Crippen molar-refractivity contribution in [2.45, 2.75) is 77.2 Å². The number of unbranched alkanes of at least 4 members (excludes halogenated alkanes) is 8. The van der Waals surface area contributed by atoms with Gasteiger partial charge in [0.2, 0.25) is 0 Å². The number of hydrogen-bond acceptors (Lipinski definition) is 1. The molecule has 114 valence electrons. The van der Waals surface area contributed by atoms with Gasteiger partial charge in [-0.3, -0.25) is 0 Å². The summed E-state index contributed by atoms with van der Waals surface area (Å²) in [6.07, 6.45) is 12.3. The van der Waals surface area contributed by atoms with E-state index in [9.17, 15) is 5.11 Å². The molecule has 0 aliphatic carbocycles. The molecule has 0 spiro atoms. The Labute approximate surface area is 129 Å². The summed E-state index contributed by atoms with van der Waals surface area (Å²) in [6, 6.07) is 7.55. The zero-order valence-electron chi connectivity index (χ0n) is 12.8. The number of rotatable bonds is 11. The van der Waals surface area contributed by atoms with Crippen LogP contribution >= 0.6 is 11.6 Å². The first-order chi connectivity index (χ1) is 9.74. The number of aliphatic hydroxyl groups excluding tert-OH is 1. The molecule has 0 aliphatic rings. The number of hydrogen-bond donors (Lipinski definition) is 1. The summed E-state index contributed by atoms with van der Waals surface area (Å²) in [6.45, 7) is 2.26. The Hall–Kier alpha value is -0.530. The lowest BCUT2D eigenvalue weighted by Crippen LogP contribution is -1.97. The third kappa shape index (κ3) is 7.91. The van der Waals surface area contributed by atoms with Crippen molar-refractivity contribution in [3.63, 3.8) is 0 Å². The van der Waals surface area contributed by atoms with Gasteiger partial charge in [0.15, 0.2) is 0 Å². The van der Waals surface area contributed by atoms with Crippen LogP contribution in [-0.4, -0.2) is 5.11 Å². The quantitative estimate of drug-likeness (QED) is 0.475. The largest absolute Gasteiger partial charge is 0.388 e. The zero-order valence-corrected chi connectivity index (χ0v) is 13.5. The molecule has 1 aromatic rings. The maximum absolute atomic E-state index is 10.1. The topological polar surface area (TPSA) is 20.2 Å². The predicted octanol–water partition coefficient (Wildman–Crippen LogP) is 6.29. The van der Waals surface area contributed by atoms with Gasteiger partial charge in [-0.2, -0.15) is 0 Å². The molecule has 0 fully saturated rings. The Bertz CT molecular complexity index is 351. The molecular formula is C18H29ClO. The Morgan fingerprint density at radius 3 is 2.15 bits per heavy atom. The molecule has 0 radical (unpaired) electrons. The Morgan fingerprint density at radius 1 is 0.950 bits per heavy atom. The normalized spacial score (nSPS) is 12.6. The van der Waals surface area contributed by atoms with Crippen molar-refractivity contribution in [1.82, 2.24) is 0 Å². The molecule has 0 bridgehead atoms. The summed E-state index contributed by atoms with van der Waals surface area (Å²) in [5.41, 5.74) is 0.942. The van der Waals surface area contributed by atoms with E-state index in [0.29, 0.717) is 5.02 Å². The molecule has 1 rings (SSSR count). The summed E-state index contributed by atoms with van der Waals surface area (Å²) in [4.78, 5) is 0. The van der Waals surface area contributed by atoms with Crippen LogP contribution in [0.2, 0.25) is 5.02 Å². The monoisotopic (exact) mass is 296 g/mol. The molecular weight excluding hydrogens is 268 g/mol. The highest BCUT2D eigenvalue weighted by Crippen LogP contribution is 2.22. The molecule has 0 saturated carbocycles. The summed E-state index contributed by atoms with van der Waals surface area (Å²) >= 11 is 5.93. The minimum absolute atomic E-state index is 0.363. The van der Waals surface area contributed by atoms with Crippen LogP contribution in [0.4, 0.5) is 0 Å². The highest BCUT2D eigenvalue weighted by molar-refractivity contribution is 6.30. The highest BCUT2D eigenvalue weighted by Gasteiger charge is 2.07. The van der Waals surface area contributed by atoms with Gasteiger partial charge in [0, 0.05) is 5.02 Å². The number of halogens is 1. The van der Waals surface area contributed by atoms with Crippen molar-refractivity contribution in [2.24, 2.45) is 0 Å². The number of benzene rings is 1. The minimum Gasteiger partial charge on any atom is -0.388 e. The van der Waals surface area contributed by atoms with E-state index in [1.807, 2.05) is 24.3 Å². The first-order valence-corrected chi connectivity index (χ1v) is 8.55. The van der Waals surface area contributed by atoms with Gasteiger partial charge in [-0.05, 0) is 24.1 Å². The fraction of sp³-hybridized carbons (Fsp3) is 0.667. The molecule has 1 unspecified atom stereocenters. The van der Waals surface area contributed by atoms with Crippen LogP contribution in [0.15, 0.2) is 24.3 Å². The molecule has 0 aliphatic heterocycles. The molecule has 0 saturated heterocycles. The van der Waals surface area contributed by atoms with Gasteiger partial charge in [-0.1, -0.05) is 88.4 Å². The third-order valence-corrected chi connectivity index (χ3v) is 4.05. The smallest absolute Gasteiger partial charge is 0.0790 e. The van der Waals surface area contributed by atoms with Crippen LogP contribution in [0, 0.1) is 0 Å². The minimum atomic E-state index is -0.363. The summed E-state index contributed by atoms with van der Waals surface area (Å²) in [5, 5.41) is 10.8. The van der Waals surface area contributed by atoms with E-state index in [1.165, 1.54) is 51.4 Å². The molecule has 0 aromatic heterocycles. The highest BCUT2D eigenvalue weighted by atomic mass is 35.5. The van der Waals surface area contributed by atoms with Crippen LogP contribution in [0.25, 0.3) is 0 Å². The first-order valence-electron chi connectivity index (χ1n) is 8.17. The Morgan fingerprint density at radius 2 is 1.55 bits per heavy atom. The van der Waals surface area contributed by atoms with Gasteiger partial charge < -0.3 is 5.11 Å².